The molecule has 0 aliphatic heterocycles. The van der Waals surface area contributed by atoms with Gasteiger partial charge in [-0.15, -0.1) is 0 Å². The van der Waals surface area contributed by atoms with Crippen LogP contribution in [-0.2, 0) is 18.3 Å². The summed E-state index contributed by atoms with van der Waals surface area (Å²) < 4.78 is 2.08. The summed E-state index contributed by atoms with van der Waals surface area (Å²) in [4.78, 5) is 16.0. The summed E-state index contributed by atoms with van der Waals surface area (Å²) >= 11 is 0. The van der Waals surface area contributed by atoms with Crippen molar-refractivity contribution >= 4 is 22.6 Å². The summed E-state index contributed by atoms with van der Waals surface area (Å²) in [7, 11) is 2.03. The van der Waals surface area contributed by atoms with E-state index >= 15 is 0 Å². The lowest BCUT2D eigenvalue weighted by Gasteiger charge is -2.21. The van der Waals surface area contributed by atoms with Gasteiger partial charge in [-0.2, -0.15) is 0 Å². The van der Waals surface area contributed by atoms with Crippen LogP contribution in [0.1, 0.15) is 37.7 Å². The second-order valence-electron chi connectivity index (χ2n) is 6.26. The molecule has 1 aliphatic rings. The highest BCUT2D eigenvalue weighted by atomic mass is 16.1. The fraction of sp³-hybridized carbons (Fsp3) is 0.444. The minimum atomic E-state index is -0.203. The average molecular weight is 297 g/mol. The van der Waals surface area contributed by atoms with E-state index in [1.54, 1.807) is 6.20 Å². The molecule has 2 heterocycles. The molecule has 0 radical (unpaired) electrons. The van der Waals surface area contributed by atoms with Gasteiger partial charge in [-0.25, -0.2) is 4.98 Å². The Labute approximate surface area is 131 Å². The largest absolute Gasteiger partial charge is 0.335 e. The van der Waals surface area contributed by atoms with Crippen LogP contribution in [0.15, 0.2) is 31.1 Å². The molecule has 116 valence electrons. The third kappa shape index (κ3) is 3.06. The Kier molecular flexibility index (Phi) is 4.27. The van der Waals surface area contributed by atoms with Gasteiger partial charge in [-0.3, -0.25) is 4.79 Å². The minimum absolute atomic E-state index is 0.203. The number of hydrogen-bond donors (Lipinski definition) is 1. The minimum Gasteiger partial charge on any atom is -0.335 e. The predicted octanol–water partition coefficient (Wildman–Crippen LogP) is 3.82. The summed E-state index contributed by atoms with van der Waals surface area (Å²) in [5.74, 6) is 0.580. The van der Waals surface area contributed by atoms with Crippen LogP contribution < -0.4 is 5.32 Å². The molecule has 0 unspecified atom stereocenters. The maximum absolute atomic E-state index is 11.5. The molecule has 4 heteroatoms. The second kappa shape index (κ2) is 6.34. The first kappa shape index (κ1) is 14.8. The number of amides is 1. The number of hydrogen-bond acceptors (Lipinski definition) is 2. The van der Waals surface area contributed by atoms with Crippen LogP contribution in [0.4, 0.5) is 5.69 Å². The first-order valence-corrected chi connectivity index (χ1v) is 8.04. The Hall–Kier alpha value is -2.10. The van der Waals surface area contributed by atoms with Crippen LogP contribution >= 0.6 is 0 Å². The Bertz CT molecular complexity index is 696. The van der Waals surface area contributed by atoms with Crippen LogP contribution in [-0.4, -0.2) is 15.5 Å². The lowest BCUT2D eigenvalue weighted by molar-refractivity contribution is -0.111. The molecule has 2 aromatic heterocycles. The third-order valence-electron chi connectivity index (χ3n) is 4.58. The van der Waals surface area contributed by atoms with Crippen molar-refractivity contribution < 1.29 is 4.79 Å². The van der Waals surface area contributed by atoms with Gasteiger partial charge in [0.05, 0.1) is 11.9 Å². The number of aromatic nitrogens is 2. The summed E-state index contributed by atoms with van der Waals surface area (Å²) in [6.45, 7) is 3.48. The topological polar surface area (TPSA) is 46.9 Å². The van der Waals surface area contributed by atoms with E-state index < -0.39 is 0 Å². The third-order valence-corrected chi connectivity index (χ3v) is 4.58. The van der Waals surface area contributed by atoms with Gasteiger partial charge in [-0.1, -0.05) is 38.7 Å². The van der Waals surface area contributed by atoms with Crippen LogP contribution in [0.5, 0.6) is 0 Å². The summed E-state index contributed by atoms with van der Waals surface area (Å²) in [6, 6.07) is 2.03. The highest BCUT2D eigenvalue weighted by molar-refractivity contribution is 6.00. The molecule has 1 fully saturated rings. The number of nitrogens with one attached hydrogen (secondary N) is 1. The number of pyridine rings is 1. The van der Waals surface area contributed by atoms with Crippen molar-refractivity contribution in [2.24, 2.45) is 13.0 Å². The van der Waals surface area contributed by atoms with Crippen LogP contribution in [0, 0.1) is 5.92 Å². The maximum atomic E-state index is 11.5. The molecule has 2 aromatic rings. The first-order chi connectivity index (χ1) is 10.7. The van der Waals surface area contributed by atoms with Gasteiger partial charge in [0.15, 0.2) is 0 Å². The van der Waals surface area contributed by atoms with Crippen molar-refractivity contribution in [1.82, 2.24) is 9.55 Å². The number of carbonyl (C=O) groups excluding carboxylic acids is 1. The monoisotopic (exact) mass is 297 g/mol. The molecule has 0 spiro atoms. The summed E-state index contributed by atoms with van der Waals surface area (Å²) in [5, 5.41) is 3.94. The van der Waals surface area contributed by atoms with E-state index in [1.165, 1.54) is 43.7 Å². The van der Waals surface area contributed by atoms with E-state index in [1.807, 2.05) is 13.1 Å². The SMILES string of the molecule is C=CC(=O)Nc1cnc2c(c1)c(CC1CCCCC1)cn2C. The average Bonchev–Trinajstić information content (AvgIpc) is 2.84. The van der Waals surface area contributed by atoms with Gasteiger partial charge in [0.25, 0.3) is 0 Å². The molecular weight excluding hydrogens is 274 g/mol. The van der Waals surface area contributed by atoms with Gasteiger partial charge >= 0.3 is 0 Å². The number of rotatable bonds is 4. The van der Waals surface area contributed by atoms with E-state index in [0.29, 0.717) is 0 Å². The van der Waals surface area contributed by atoms with Gasteiger partial charge in [0, 0.05) is 18.6 Å². The van der Waals surface area contributed by atoms with Gasteiger partial charge in [0.2, 0.25) is 5.91 Å². The molecule has 1 saturated carbocycles. The molecule has 1 aliphatic carbocycles. The molecule has 0 atom stereocenters. The molecule has 3 rings (SSSR count). The van der Waals surface area contributed by atoms with Gasteiger partial charge in [0.1, 0.15) is 5.65 Å². The zero-order valence-corrected chi connectivity index (χ0v) is 13.1. The fourth-order valence-corrected chi connectivity index (χ4v) is 3.47. The quantitative estimate of drug-likeness (QED) is 0.872. The maximum Gasteiger partial charge on any atom is 0.247 e. The molecule has 22 heavy (non-hydrogen) atoms. The Balaban J connectivity index is 1.89. The Morgan fingerprint density at radius 2 is 2.23 bits per heavy atom. The zero-order valence-electron chi connectivity index (χ0n) is 13.1. The number of nitrogens with zero attached hydrogens (tertiary/aromatic N) is 2. The van der Waals surface area contributed by atoms with Crippen molar-refractivity contribution in [2.45, 2.75) is 38.5 Å². The Morgan fingerprint density at radius 3 is 2.95 bits per heavy atom. The number of aryl methyl sites for hydroxylation is 1. The van der Waals surface area contributed by atoms with Crippen molar-refractivity contribution in [3.63, 3.8) is 0 Å². The number of fused-ring (bicyclic) bond motifs is 1. The highest BCUT2D eigenvalue weighted by Gasteiger charge is 2.17. The molecule has 1 amide bonds. The van der Waals surface area contributed by atoms with Crippen molar-refractivity contribution in [2.75, 3.05) is 5.32 Å². The fourth-order valence-electron chi connectivity index (χ4n) is 3.47. The van der Waals surface area contributed by atoms with Crippen LogP contribution in [0.3, 0.4) is 0 Å². The molecule has 1 N–H and O–H groups in total. The van der Waals surface area contributed by atoms with Crippen molar-refractivity contribution in [3.05, 3.63) is 36.7 Å². The summed E-state index contributed by atoms with van der Waals surface area (Å²) in [6.07, 6.45) is 13.0. The first-order valence-electron chi connectivity index (χ1n) is 8.04. The van der Waals surface area contributed by atoms with Crippen LogP contribution in [0.2, 0.25) is 0 Å². The molecular formula is C18H23N3O. The van der Waals surface area contributed by atoms with E-state index in [-0.39, 0.29) is 5.91 Å². The number of anilines is 1. The normalized spacial score (nSPS) is 15.9. The van der Waals surface area contributed by atoms with Gasteiger partial charge in [-0.05, 0) is 30.0 Å². The van der Waals surface area contributed by atoms with E-state index in [2.05, 4.69) is 27.6 Å². The van der Waals surface area contributed by atoms with Crippen molar-refractivity contribution in [3.8, 4) is 0 Å². The summed E-state index contributed by atoms with van der Waals surface area (Å²) in [5.41, 5.74) is 3.04. The molecule has 0 saturated heterocycles. The molecule has 0 bridgehead atoms. The second-order valence-corrected chi connectivity index (χ2v) is 6.26. The van der Waals surface area contributed by atoms with E-state index in [0.717, 1.165) is 29.1 Å². The highest BCUT2D eigenvalue weighted by Crippen LogP contribution is 2.30. The Morgan fingerprint density at radius 1 is 1.45 bits per heavy atom. The van der Waals surface area contributed by atoms with Gasteiger partial charge < -0.3 is 9.88 Å². The lowest BCUT2D eigenvalue weighted by atomic mass is 9.85. The standard InChI is InChI=1S/C18H23N3O/c1-3-17(22)20-15-10-16-14(9-13-7-5-4-6-8-13)12-21(2)18(16)19-11-15/h3,10-13H,1,4-9H2,2H3,(H,20,22). The molecule has 0 aromatic carbocycles. The van der Waals surface area contributed by atoms with Crippen molar-refractivity contribution in [1.29, 1.82) is 0 Å². The molecule has 4 nitrogen and oxygen atoms in total. The zero-order chi connectivity index (χ0) is 15.5. The van der Waals surface area contributed by atoms with Crippen LogP contribution in [0.25, 0.3) is 11.0 Å². The van der Waals surface area contributed by atoms with E-state index in [9.17, 15) is 4.79 Å². The lowest BCUT2D eigenvalue weighted by Crippen LogP contribution is -2.09. The number of carbonyl (C=O) groups is 1. The smallest absolute Gasteiger partial charge is 0.247 e. The van der Waals surface area contributed by atoms with E-state index in [4.69, 9.17) is 0 Å². The predicted molar refractivity (Wildman–Crippen MR) is 89.8 cm³/mol.